The van der Waals surface area contributed by atoms with Crippen LogP contribution < -0.4 is 0 Å². The average molecular weight is 384 g/mol. The summed E-state index contributed by atoms with van der Waals surface area (Å²) in [5, 5.41) is 11.0. The fourth-order valence-corrected chi connectivity index (χ4v) is 5.85. The highest BCUT2D eigenvalue weighted by Crippen LogP contribution is 2.29. The van der Waals surface area contributed by atoms with E-state index in [1.165, 1.54) is 15.6 Å². The van der Waals surface area contributed by atoms with Gasteiger partial charge in [-0.3, -0.25) is 9.59 Å². The molecule has 1 amide bonds. The number of allylic oxidation sites excluding steroid dienone is 2. The Morgan fingerprint density at radius 3 is 2.28 bits per heavy atom. The summed E-state index contributed by atoms with van der Waals surface area (Å²) in [6, 6.07) is 3.27. The van der Waals surface area contributed by atoms with E-state index in [0.717, 1.165) is 0 Å². The molecule has 3 rings (SSSR count). The Morgan fingerprint density at radius 2 is 1.72 bits per heavy atom. The van der Waals surface area contributed by atoms with Gasteiger partial charge < -0.3 is 10.0 Å². The number of carboxylic acids is 1. The lowest BCUT2D eigenvalue weighted by Gasteiger charge is -2.37. The van der Waals surface area contributed by atoms with Crippen molar-refractivity contribution >= 4 is 33.2 Å². The van der Waals surface area contributed by atoms with E-state index in [1.54, 1.807) is 28.5 Å². The van der Waals surface area contributed by atoms with Crippen molar-refractivity contribution in [2.24, 2.45) is 11.8 Å². The highest BCUT2D eigenvalue weighted by Gasteiger charge is 2.38. The Hall–Kier alpha value is -1.71. The number of hydrogen-bond donors (Lipinski definition) is 1. The van der Waals surface area contributed by atoms with E-state index in [1.807, 2.05) is 6.08 Å². The smallest absolute Gasteiger partial charge is 0.307 e. The molecule has 2 atom stereocenters. The molecule has 9 heteroatoms. The SMILES string of the molecule is O=C(O)C1CC=CCC1C(=O)N1CCN(S(=O)(=O)c2cccs2)CC1. The van der Waals surface area contributed by atoms with Crippen molar-refractivity contribution in [1.82, 2.24) is 9.21 Å². The van der Waals surface area contributed by atoms with Crippen molar-refractivity contribution in [2.45, 2.75) is 17.1 Å². The van der Waals surface area contributed by atoms with Gasteiger partial charge >= 0.3 is 5.97 Å². The number of rotatable bonds is 4. The van der Waals surface area contributed by atoms with Gasteiger partial charge in [-0.1, -0.05) is 18.2 Å². The first kappa shape index (κ1) is 18.1. The van der Waals surface area contributed by atoms with Crippen molar-refractivity contribution in [3.63, 3.8) is 0 Å². The van der Waals surface area contributed by atoms with Crippen LogP contribution in [0.4, 0.5) is 0 Å². The molecule has 1 aromatic heterocycles. The molecule has 0 radical (unpaired) electrons. The summed E-state index contributed by atoms with van der Waals surface area (Å²) in [6.07, 6.45) is 4.43. The molecule has 1 saturated heterocycles. The average Bonchev–Trinajstić information content (AvgIpc) is 3.16. The Morgan fingerprint density at radius 1 is 1.08 bits per heavy atom. The monoisotopic (exact) mass is 384 g/mol. The first-order valence-electron chi connectivity index (χ1n) is 8.11. The van der Waals surface area contributed by atoms with E-state index in [9.17, 15) is 23.1 Å². The van der Waals surface area contributed by atoms with Crippen LogP contribution in [0.1, 0.15) is 12.8 Å². The first-order chi connectivity index (χ1) is 11.9. The molecule has 2 heterocycles. The van der Waals surface area contributed by atoms with Gasteiger partial charge in [0.1, 0.15) is 4.21 Å². The minimum Gasteiger partial charge on any atom is -0.481 e. The molecular formula is C16H20N2O5S2. The topological polar surface area (TPSA) is 95.0 Å². The van der Waals surface area contributed by atoms with Crippen LogP contribution in [0.25, 0.3) is 0 Å². The lowest BCUT2D eigenvalue weighted by molar-refractivity contribution is -0.151. The maximum absolute atomic E-state index is 12.7. The van der Waals surface area contributed by atoms with E-state index >= 15 is 0 Å². The van der Waals surface area contributed by atoms with Crippen LogP contribution >= 0.6 is 11.3 Å². The van der Waals surface area contributed by atoms with Gasteiger partial charge in [-0.05, 0) is 24.3 Å². The number of nitrogens with zero attached hydrogens (tertiary/aromatic N) is 2. The lowest BCUT2D eigenvalue weighted by atomic mass is 9.82. The summed E-state index contributed by atoms with van der Waals surface area (Å²) >= 11 is 1.17. The normalized spacial score (nSPS) is 25.0. The summed E-state index contributed by atoms with van der Waals surface area (Å²) in [5.74, 6) is -2.42. The number of sulfonamides is 1. The fourth-order valence-electron chi connectivity index (χ4n) is 3.28. The van der Waals surface area contributed by atoms with Gasteiger partial charge in [-0.15, -0.1) is 11.3 Å². The maximum atomic E-state index is 12.7. The molecule has 25 heavy (non-hydrogen) atoms. The van der Waals surface area contributed by atoms with Crippen LogP contribution in [0.15, 0.2) is 33.9 Å². The second-order valence-corrected chi connectivity index (χ2v) is 9.27. The zero-order chi connectivity index (χ0) is 18.0. The van der Waals surface area contributed by atoms with Crippen LogP contribution in [0.3, 0.4) is 0 Å². The molecule has 0 spiro atoms. The molecule has 1 aliphatic carbocycles. The Labute approximate surface area is 150 Å². The number of amides is 1. The largest absolute Gasteiger partial charge is 0.481 e. The van der Waals surface area contributed by atoms with Crippen molar-refractivity contribution in [1.29, 1.82) is 0 Å². The molecule has 136 valence electrons. The second kappa shape index (κ2) is 7.27. The zero-order valence-corrected chi connectivity index (χ0v) is 15.2. The van der Waals surface area contributed by atoms with Gasteiger partial charge in [-0.2, -0.15) is 4.31 Å². The number of carbonyl (C=O) groups is 2. The number of piperazine rings is 1. The molecule has 7 nitrogen and oxygen atoms in total. The van der Waals surface area contributed by atoms with Gasteiger partial charge in [0.05, 0.1) is 11.8 Å². The maximum Gasteiger partial charge on any atom is 0.307 e. The number of thiophene rings is 1. The van der Waals surface area contributed by atoms with E-state index in [0.29, 0.717) is 17.1 Å². The molecule has 2 aliphatic rings. The van der Waals surface area contributed by atoms with Gasteiger partial charge in [-0.25, -0.2) is 8.42 Å². The Balaban J connectivity index is 1.65. The third-order valence-electron chi connectivity index (χ3n) is 4.71. The first-order valence-corrected chi connectivity index (χ1v) is 10.4. The zero-order valence-electron chi connectivity index (χ0n) is 13.6. The molecular weight excluding hydrogens is 364 g/mol. The van der Waals surface area contributed by atoms with Crippen LogP contribution in [-0.2, 0) is 19.6 Å². The Bertz CT molecular complexity index is 764. The quantitative estimate of drug-likeness (QED) is 0.789. The van der Waals surface area contributed by atoms with E-state index < -0.39 is 27.8 Å². The third kappa shape index (κ3) is 3.63. The molecule has 1 fully saturated rings. The van der Waals surface area contributed by atoms with Crippen LogP contribution in [0, 0.1) is 11.8 Å². The molecule has 0 bridgehead atoms. The summed E-state index contributed by atoms with van der Waals surface area (Å²) in [5.41, 5.74) is 0. The minimum atomic E-state index is -3.51. The molecule has 1 aromatic rings. The molecule has 0 saturated carbocycles. The predicted molar refractivity (Wildman–Crippen MR) is 92.6 cm³/mol. The van der Waals surface area contributed by atoms with Gasteiger partial charge in [0, 0.05) is 26.2 Å². The predicted octanol–water partition coefficient (Wildman–Crippen LogP) is 1.25. The number of hydrogen-bond acceptors (Lipinski definition) is 5. The van der Waals surface area contributed by atoms with Crippen LogP contribution in [-0.4, -0.2) is 60.8 Å². The summed E-state index contributed by atoms with van der Waals surface area (Å²) in [4.78, 5) is 25.7. The van der Waals surface area contributed by atoms with Crippen LogP contribution in [0.5, 0.6) is 0 Å². The van der Waals surface area contributed by atoms with Crippen molar-refractivity contribution < 1.29 is 23.1 Å². The Kier molecular flexibility index (Phi) is 5.26. The summed E-state index contributed by atoms with van der Waals surface area (Å²) in [6.45, 7) is 1.03. The van der Waals surface area contributed by atoms with Gasteiger partial charge in [0.2, 0.25) is 5.91 Å². The van der Waals surface area contributed by atoms with Crippen molar-refractivity contribution in [2.75, 3.05) is 26.2 Å². The number of carbonyl (C=O) groups excluding carboxylic acids is 1. The van der Waals surface area contributed by atoms with E-state index in [2.05, 4.69) is 0 Å². The molecule has 2 unspecified atom stereocenters. The number of carboxylic acid groups (broad SMARTS) is 1. The fraction of sp³-hybridized carbons (Fsp3) is 0.500. The minimum absolute atomic E-state index is 0.190. The third-order valence-corrected chi connectivity index (χ3v) is 7.98. The summed E-state index contributed by atoms with van der Waals surface area (Å²) in [7, 11) is -3.51. The van der Waals surface area contributed by atoms with Crippen molar-refractivity contribution in [3.05, 3.63) is 29.7 Å². The highest BCUT2D eigenvalue weighted by molar-refractivity contribution is 7.91. The molecule has 1 aliphatic heterocycles. The van der Waals surface area contributed by atoms with Crippen LogP contribution in [0.2, 0.25) is 0 Å². The van der Waals surface area contributed by atoms with Crippen molar-refractivity contribution in [3.8, 4) is 0 Å². The standard InChI is InChI=1S/C16H20N2O5S2/c19-15(12-4-1-2-5-13(12)16(20)21)17-7-9-18(10-8-17)25(22,23)14-6-3-11-24-14/h1-3,6,11-13H,4-5,7-10H2,(H,20,21). The van der Waals surface area contributed by atoms with Gasteiger partial charge in [0.15, 0.2) is 0 Å². The molecule has 1 N–H and O–H groups in total. The number of aliphatic carboxylic acids is 1. The summed E-state index contributed by atoms with van der Waals surface area (Å²) < 4.78 is 26.7. The second-order valence-electron chi connectivity index (χ2n) is 6.16. The highest BCUT2D eigenvalue weighted by atomic mass is 32.2. The van der Waals surface area contributed by atoms with Gasteiger partial charge in [0.25, 0.3) is 10.0 Å². The van der Waals surface area contributed by atoms with E-state index in [4.69, 9.17) is 0 Å². The van der Waals surface area contributed by atoms with E-state index in [-0.39, 0.29) is 32.1 Å². The molecule has 0 aromatic carbocycles. The lowest BCUT2D eigenvalue weighted by Crippen LogP contribution is -2.53.